The van der Waals surface area contributed by atoms with Gasteiger partial charge < -0.3 is 5.73 Å². The van der Waals surface area contributed by atoms with Gasteiger partial charge in [-0.05, 0) is 23.6 Å². The third kappa shape index (κ3) is 3.91. The molecular weight excluding hydrogens is 203 g/mol. The average Bonchev–Trinajstić information content (AvgIpc) is 2.14. The predicted molar refractivity (Wildman–Crippen MR) is 53.7 cm³/mol. The van der Waals surface area contributed by atoms with Gasteiger partial charge in [0.2, 0.25) is 0 Å². The highest BCUT2D eigenvalue weighted by atomic mass is 19.4. The van der Waals surface area contributed by atoms with Crippen LogP contribution in [0.1, 0.15) is 24.0 Å². The molecule has 0 saturated carbocycles. The van der Waals surface area contributed by atoms with Crippen molar-refractivity contribution in [3.63, 3.8) is 0 Å². The molecule has 1 aromatic rings. The van der Waals surface area contributed by atoms with Gasteiger partial charge in [0.05, 0.1) is 6.42 Å². The first kappa shape index (κ1) is 12.0. The summed E-state index contributed by atoms with van der Waals surface area (Å²) in [5.74, 6) is 0.0955. The molecule has 0 fully saturated rings. The molecule has 0 aromatic heterocycles. The Morgan fingerprint density at radius 3 is 2.53 bits per heavy atom. The molecule has 0 bridgehead atoms. The van der Waals surface area contributed by atoms with E-state index in [-0.39, 0.29) is 5.92 Å². The first-order valence-electron chi connectivity index (χ1n) is 4.78. The highest BCUT2D eigenvalue weighted by Crippen LogP contribution is 2.23. The molecule has 0 heterocycles. The largest absolute Gasteiger partial charge is 0.393 e. The Morgan fingerprint density at radius 1 is 1.33 bits per heavy atom. The highest BCUT2D eigenvalue weighted by molar-refractivity contribution is 5.26. The molecule has 0 spiro atoms. The van der Waals surface area contributed by atoms with E-state index in [0.29, 0.717) is 12.1 Å². The van der Waals surface area contributed by atoms with Crippen LogP contribution in [0.5, 0.6) is 0 Å². The van der Waals surface area contributed by atoms with Crippen LogP contribution in [-0.4, -0.2) is 12.7 Å². The molecule has 1 aromatic carbocycles. The number of hydrogen-bond acceptors (Lipinski definition) is 1. The molecule has 1 atom stereocenters. The number of halogens is 3. The van der Waals surface area contributed by atoms with Crippen LogP contribution < -0.4 is 5.73 Å². The van der Waals surface area contributed by atoms with Crippen LogP contribution in [0.15, 0.2) is 24.3 Å². The maximum atomic E-state index is 12.1. The average molecular weight is 217 g/mol. The molecule has 0 aliphatic heterocycles. The molecule has 0 aliphatic rings. The molecule has 2 N–H and O–H groups in total. The molecule has 1 rings (SSSR count). The van der Waals surface area contributed by atoms with Crippen molar-refractivity contribution in [2.75, 3.05) is 6.54 Å². The molecular formula is C11H14F3N. The summed E-state index contributed by atoms with van der Waals surface area (Å²) in [4.78, 5) is 0. The molecule has 0 radical (unpaired) electrons. The van der Waals surface area contributed by atoms with Crippen molar-refractivity contribution in [2.45, 2.75) is 25.4 Å². The van der Waals surface area contributed by atoms with E-state index in [0.717, 1.165) is 5.56 Å². The molecule has 1 nitrogen and oxygen atoms in total. The van der Waals surface area contributed by atoms with Crippen molar-refractivity contribution < 1.29 is 13.2 Å². The maximum Gasteiger partial charge on any atom is 0.393 e. The van der Waals surface area contributed by atoms with Gasteiger partial charge in [-0.3, -0.25) is 0 Å². The summed E-state index contributed by atoms with van der Waals surface area (Å²) in [5.41, 5.74) is 6.61. The van der Waals surface area contributed by atoms with Crippen molar-refractivity contribution in [3.8, 4) is 0 Å². The summed E-state index contributed by atoms with van der Waals surface area (Å²) < 4.78 is 36.4. The second kappa shape index (κ2) is 4.66. The molecule has 0 unspecified atom stereocenters. The van der Waals surface area contributed by atoms with Gasteiger partial charge in [-0.1, -0.05) is 31.2 Å². The van der Waals surface area contributed by atoms with E-state index in [1.54, 1.807) is 18.2 Å². The van der Waals surface area contributed by atoms with Crippen molar-refractivity contribution in [2.24, 2.45) is 5.73 Å². The zero-order valence-electron chi connectivity index (χ0n) is 8.51. The van der Waals surface area contributed by atoms with Gasteiger partial charge in [0.25, 0.3) is 0 Å². The van der Waals surface area contributed by atoms with Crippen molar-refractivity contribution >= 4 is 0 Å². The summed E-state index contributed by atoms with van der Waals surface area (Å²) in [5, 5.41) is 0. The molecule has 0 saturated heterocycles. The zero-order chi connectivity index (χ0) is 11.5. The summed E-state index contributed by atoms with van der Waals surface area (Å²) in [6.45, 7) is 2.34. The Kier molecular flexibility index (Phi) is 3.74. The highest BCUT2D eigenvalue weighted by Gasteiger charge is 2.27. The second-order valence-electron chi connectivity index (χ2n) is 3.67. The Bertz CT molecular complexity index is 320. The zero-order valence-corrected chi connectivity index (χ0v) is 8.51. The van der Waals surface area contributed by atoms with Gasteiger partial charge in [0.1, 0.15) is 0 Å². The van der Waals surface area contributed by atoms with Crippen molar-refractivity contribution in [3.05, 3.63) is 35.4 Å². The lowest BCUT2D eigenvalue weighted by Crippen LogP contribution is -2.13. The van der Waals surface area contributed by atoms with Crippen molar-refractivity contribution in [1.82, 2.24) is 0 Å². The van der Waals surface area contributed by atoms with Crippen LogP contribution in [-0.2, 0) is 6.42 Å². The minimum absolute atomic E-state index is 0.0955. The van der Waals surface area contributed by atoms with E-state index in [1.807, 2.05) is 6.92 Å². The standard InChI is InChI=1S/C11H14F3N/c1-8(7-15)10-4-2-3-9(5-10)6-11(12,13)14/h2-5,8H,6-7,15H2,1H3/t8-/m1/s1. The van der Waals surface area contributed by atoms with Crippen LogP contribution in [0.3, 0.4) is 0 Å². The lowest BCUT2D eigenvalue weighted by atomic mass is 9.98. The van der Waals surface area contributed by atoms with Crippen LogP contribution in [0.4, 0.5) is 13.2 Å². The Hall–Kier alpha value is -1.03. The fourth-order valence-electron chi connectivity index (χ4n) is 1.38. The van der Waals surface area contributed by atoms with Gasteiger partial charge in [-0.15, -0.1) is 0 Å². The first-order chi connectivity index (χ1) is 6.92. The molecule has 84 valence electrons. The number of hydrogen-bond donors (Lipinski definition) is 1. The fraction of sp³-hybridized carbons (Fsp3) is 0.455. The minimum atomic E-state index is -4.15. The summed E-state index contributed by atoms with van der Waals surface area (Å²) >= 11 is 0. The van der Waals surface area contributed by atoms with Gasteiger partial charge in [0.15, 0.2) is 0 Å². The van der Waals surface area contributed by atoms with Crippen molar-refractivity contribution in [1.29, 1.82) is 0 Å². The molecule has 4 heteroatoms. The smallest absolute Gasteiger partial charge is 0.330 e. The van der Waals surface area contributed by atoms with Crippen LogP contribution in [0, 0.1) is 0 Å². The van der Waals surface area contributed by atoms with Gasteiger partial charge in [-0.25, -0.2) is 0 Å². The van der Waals surface area contributed by atoms with Crippen LogP contribution in [0.2, 0.25) is 0 Å². The summed E-state index contributed by atoms with van der Waals surface area (Å²) in [7, 11) is 0. The number of nitrogens with two attached hydrogens (primary N) is 1. The van der Waals surface area contributed by atoms with E-state index in [4.69, 9.17) is 5.73 Å². The Labute approximate surface area is 87.1 Å². The van der Waals surface area contributed by atoms with E-state index in [1.165, 1.54) is 6.07 Å². The quantitative estimate of drug-likeness (QED) is 0.827. The first-order valence-corrected chi connectivity index (χ1v) is 4.78. The number of alkyl halides is 3. The fourth-order valence-corrected chi connectivity index (χ4v) is 1.38. The van der Waals surface area contributed by atoms with E-state index in [2.05, 4.69) is 0 Å². The van der Waals surface area contributed by atoms with Gasteiger partial charge in [0, 0.05) is 0 Å². The number of rotatable bonds is 3. The third-order valence-corrected chi connectivity index (χ3v) is 2.28. The molecule has 0 aliphatic carbocycles. The monoisotopic (exact) mass is 217 g/mol. The van der Waals surface area contributed by atoms with E-state index in [9.17, 15) is 13.2 Å². The third-order valence-electron chi connectivity index (χ3n) is 2.28. The Balaban J connectivity index is 2.83. The van der Waals surface area contributed by atoms with Gasteiger partial charge >= 0.3 is 6.18 Å². The molecule has 15 heavy (non-hydrogen) atoms. The second-order valence-corrected chi connectivity index (χ2v) is 3.67. The maximum absolute atomic E-state index is 12.1. The van der Waals surface area contributed by atoms with Gasteiger partial charge in [-0.2, -0.15) is 13.2 Å². The van der Waals surface area contributed by atoms with E-state index < -0.39 is 12.6 Å². The number of benzene rings is 1. The topological polar surface area (TPSA) is 26.0 Å². The normalized spacial score (nSPS) is 13.9. The predicted octanol–water partition coefficient (Wildman–Crippen LogP) is 2.85. The van der Waals surface area contributed by atoms with Crippen LogP contribution in [0.25, 0.3) is 0 Å². The summed E-state index contributed by atoms with van der Waals surface area (Å²) in [6.07, 6.45) is -5.03. The minimum Gasteiger partial charge on any atom is -0.330 e. The summed E-state index contributed by atoms with van der Waals surface area (Å²) in [6, 6.07) is 6.51. The van der Waals surface area contributed by atoms with E-state index >= 15 is 0 Å². The van der Waals surface area contributed by atoms with Crippen LogP contribution >= 0.6 is 0 Å². The SMILES string of the molecule is C[C@H](CN)c1cccc(CC(F)(F)F)c1. The molecule has 0 amide bonds. The lowest BCUT2D eigenvalue weighted by molar-refractivity contribution is -0.127. The Morgan fingerprint density at radius 2 is 2.00 bits per heavy atom. The lowest BCUT2D eigenvalue weighted by Gasteiger charge is -2.11.